The summed E-state index contributed by atoms with van der Waals surface area (Å²) in [7, 11) is 5.25. The molecule has 11 heavy (non-hydrogen) atoms. The second-order valence-corrected chi connectivity index (χ2v) is 9.06. The summed E-state index contributed by atoms with van der Waals surface area (Å²) in [5.74, 6) is 0. The topological polar surface area (TPSA) is 0 Å². The maximum atomic E-state index is 6.44. The molecule has 0 bridgehead atoms. The predicted molar refractivity (Wildman–Crippen MR) is 58.1 cm³/mol. The molecule has 0 saturated heterocycles. The highest BCUT2D eigenvalue weighted by Crippen LogP contribution is 2.65. The van der Waals surface area contributed by atoms with Gasteiger partial charge in [-0.05, 0) is 48.7 Å². The zero-order valence-electron chi connectivity index (χ0n) is 8.76. The van der Waals surface area contributed by atoms with E-state index >= 15 is 0 Å². The summed E-state index contributed by atoms with van der Waals surface area (Å²) in [6, 6.07) is 0. The minimum Gasteiger partial charge on any atom is -0.0328 e. The van der Waals surface area contributed by atoms with Crippen LogP contribution in [0.3, 0.4) is 0 Å². The third-order valence-electron chi connectivity index (χ3n) is 2.68. The molecule has 0 unspecified atom stereocenters. The van der Waals surface area contributed by atoms with Gasteiger partial charge in [0, 0.05) is 17.0 Å². The zero-order chi connectivity index (χ0) is 9.23. The first-order valence-corrected chi connectivity index (χ1v) is 6.56. The third-order valence-corrected chi connectivity index (χ3v) is 8.05. The van der Waals surface area contributed by atoms with Gasteiger partial charge in [-0.15, -0.1) is 0 Å². The summed E-state index contributed by atoms with van der Waals surface area (Å²) < 4.78 is 0. The van der Waals surface area contributed by atoms with Gasteiger partial charge in [0.25, 0.3) is 0 Å². The van der Waals surface area contributed by atoms with Crippen molar-refractivity contribution in [2.24, 2.45) is 0 Å². The van der Waals surface area contributed by atoms with Gasteiger partial charge in [-0.25, -0.2) is 0 Å². The second-order valence-electron chi connectivity index (χ2n) is 4.18. The molecule has 0 amide bonds. The Balaban J connectivity index is 4.53. The molecule has 0 aromatic heterocycles. The largest absolute Gasteiger partial charge is 0.365 e. The molecule has 0 nitrogen and oxygen atoms in total. The van der Waals surface area contributed by atoms with Crippen LogP contribution >= 0.6 is 7.14 Å². The lowest BCUT2D eigenvalue weighted by atomic mass is 10.5. The zero-order valence-corrected chi connectivity index (χ0v) is 9.65. The predicted octanol–water partition coefficient (Wildman–Crippen LogP) is 3.31. The molecule has 0 fully saturated rings. The van der Waals surface area contributed by atoms with Gasteiger partial charge in [0.2, 0.25) is 0 Å². The number of rotatable bonds is 3. The normalized spacial score (nSPS) is 13.5. The molecular formula is C9H21BP+. The van der Waals surface area contributed by atoms with Crippen molar-refractivity contribution in [3.05, 3.63) is 0 Å². The van der Waals surface area contributed by atoms with Crippen molar-refractivity contribution in [1.82, 2.24) is 0 Å². The average molecular weight is 171 g/mol. The lowest BCUT2D eigenvalue weighted by molar-refractivity contribution is 0.937. The molecule has 0 aromatic rings. The van der Waals surface area contributed by atoms with E-state index in [1.807, 2.05) is 0 Å². The van der Waals surface area contributed by atoms with Crippen molar-refractivity contribution < 1.29 is 0 Å². The summed E-state index contributed by atoms with van der Waals surface area (Å²) >= 11 is 0. The van der Waals surface area contributed by atoms with Gasteiger partial charge in [-0.3, -0.25) is 0 Å². The summed E-state index contributed by atoms with van der Waals surface area (Å²) in [5, 5.41) is 0. The van der Waals surface area contributed by atoms with Gasteiger partial charge in [0.05, 0.1) is 0 Å². The first kappa shape index (κ1) is 11.5. The molecule has 0 saturated carbocycles. The maximum absolute atomic E-state index is 6.44. The van der Waals surface area contributed by atoms with Crippen molar-refractivity contribution in [2.45, 2.75) is 58.5 Å². The van der Waals surface area contributed by atoms with E-state index in [0.29, 0.717) is 17.0 Å². The molecule has 0 N–H and O–H groups in total. The molecule has 64 valence electrons. The van der Waals surface area contributed by atoms with E-state index in [1.165, 1.54) is 0 Å². The van der Waals surface area contributed by atoms with E-state index < -0.39 is 7.14 Å². The smallest absolute Gasteiger partial charge is 0.0328 e. The van der Waals surface area contributed by atoms with Crippen LogP contribution in [0.5, 0.6) is 0 Å². The van der Waals surface area contributed by atoms with Crippen molar-refractivity contribution in [3.8, 4) is 0 Å². The molecule has 0 atom stereocenters. The SMILES string of the molecule is [B][P+](C(C)C)(C(C)C)C(C)C. The monoisotopic (exact) mass is 171 g/mol. The first-order valence-electron chi connectivity index (χ1n) is 4.50. The van der Waals surface area contributed by atoms with Gasteiger partial charge in [-0.2, -0.15) is 0 Å². The highest BCUT2D eigenvalue weighted by atomic mass is 31.2. The van der Waals surface area contributed by atoms with E-state index in [2.05, 4.69) is 41.5 Å². The van der Waals surface area contributed by atoms with Crippen LogP contribution in [-0.2, 0) is 0 Å². The molecule has 2 radical (unpaired) electrons. The molecule has 0 heterocycles. The van der Waals surface area contributed by atoms with E-state index in [1.54, 1.807) is 0 Å². The fraction of sp³-hybridized carbons (Fsp3) is 1.00. The van der Waals surface area contributed by atoms with Crippen LogP contribution in [0.1, 0.15) is 41.5 Å². The molecule has 0 aromatic carbocycles. The minimum atomic E-state index is -1.19. The average Bonchev–Trinajstić information content (AvgIpc) is 1.84. The lowest BCUT2D eigenvalue weighted by Gasteiger charge is -2.35. The first-order chi connectivity index (χ1) is 4.83. The summed E-state index contributed by atoms with van der Waals surface area (Å²) in [4.78, 5) is 0. The lowest BCUT2D eigenvalue weighted by Crippen LogP contribution is -2.23. The van der Waals surface area contributed by atoms with Crippen LogP contribution in [0, 0.1) is 0 Å². The van der Waals surface area contributed by atoms with E-state index in [0.717, 1.165) is 0 Å². The summed E-state index contributed by atoms with van der Waals surface area (Å²) in [6.45, 7) is 13.5. The Morgan fingerprint density at radius 3 is 0.909 bits per heavy atom. The van der Waals surface area contributed by atoms with E-state index in [-0.39, 0.29) is 0 Å². The Morgan fingerprint density at radius 1 is 0.727 bits per heavy atom. The third kappa shape index (κ3) is 2.21. The highest BCUT2D eigenvalue weighted by Gasteiger charge is 2.41. The standard InChI is InChI=1S/C9H21BP/c1-7(2)11(10,8(3)4)9(5)6/h7-9H,1-6H3/q+1. The van der Waals surface area contributed by atoms with Gasteiger partial charge < -0.3 is 0 Å². The molecule has 0 aliphatic carbocycles. The van der Waals surface area contributed by atoms with Crippen LogP contribution in [0.2, 0.25) is 0 Å². The molecule has 0 spiro atoms. The van der Waals surface area contributed by atoms with Crippen LogP contribution in [-0.4, -0.2) is 24.5 Å². The van der Waals surface area contributed by atoms with Crippen molar-refractivity contribution >= 4 is 14.7 Å². The highest BCUT2D eigenvalue weighted by molar-refractivity contribution is 7.98. The number of hydrogen-bond donors (Lipinski definition) is 0. The van der Waals surface area contributed by atoms with E-state index in [9.17, 15) is 0 Å². The Bertz CT molecular complexity index is 97.0. The summed E-state index contributed by atoms with van der Waals surface area (Å²) in [6.07, 6.45) is 0. The fourth-order valence-corrected chi connectivity index (χ4v) is 5.37. The van der Waals surface area contributed by atoms with Crippen LogP contribution in [0.15, 0.2) is 0 Å². The van der Waals surface area contributed by atoms with Crippen LogP contribution in [0.25, 0.3) is 0 Å². The van der Waals surface area contributed by atoms with Crippen LogP contribution < -0.4 is 0 Å². The van der Waals surface area contributed by atoms with Gasteiger partial charge >= 0.3 is 7.57 Å². The van der Waals surface area contributed by atoms with Gasteiger partial charge in [0.15, 0.2) is 0 Å². The fourth-order valence-electron chi connectivity index (χ4n) is 1.79. The molecule has 0 rings (SSSR count). The van der Waals surface area contributed by atoms with Crippen molar-refractivity contribution in [3.63, 3.8) is 0 Å². The summed E-state index contributed by atoms with van der Waals surface area (Å²) in [5.41, 5.74) is 2.01. The quantitative estimate of drug-likeness (QED) is 0.451. The van der Waals surface area contributed by atoms with E-state index in [4.69, 9.17) is 7.57 Å². The van der Waals surface area contributed by atoms with Crippen molar-refractivity contribution in [2.75, 3.05) is 0 Å². The molecular weight excluding hydrogens is 150 g/mol. The van der Waals surface area contributed by atoms with Crippen LogP contribution in [0.4, 0.5) is 0 Å². The Labute approximate surface area is 73.9 Å². The molecule has 2 heteroatoms. The second kappa shape index (κ2) is 3.94. The maximum Gasteiger partial charge on any atom is 0.365 e. The van der Waals surface area contributed by atoms with Crippen molar-refractivity contribution in [1.29, 1.82) is 0 Å². The Kier molecular flexibility index (Phi) is 4.12. The molecule has 0 aliphatic heterocycles. The Hall–Kier alpha value is 0.495. The Morgan fingerprint density at radius 2 is 0.909 bits per heavy atom. The molecule has 0 aliphatic rings. The minimum absolute atomic E-state index is 0.669. The van der Waals surface area contributed by atoms with Gasteiger partial charge in [0.1, 0.15) is 0 Å². The number of hydrogen-bond acceptors (Lipinski definition) is 0. The van der Waals surface area contributed by atoms with Gasteiger partial charge in [-0.1, -0.05) is 0 Å².